The van der Waals surface area contributed by atoms with Crippen LogP contribution in [-0.2, 0) is 0 Å². The lowest BCUT2D eigenvalue weighted by Gasteiger charge is -2.23. The summed E-state index contributed by atoms with van der Waals surface area (Å²) < 4.78 is 4.88. The van der Waals surface area contributed by atoms with Crippen molar-refractivity contribution in [3.63, 3.8) is 0 Å². The molecule has 4 N–H and O–H groups in total. The van der Waals surface area contributed by atoms with E-state index in [1.54, 1.807) is 13.8 Å². The zero-order valence-electron chi connectivity index (χ0n) is 11.0. The zero-order valence-corrected chi connectivity index (χ0v) is 11.0. The molecule has 1 rings (SSSR count). The van der Waals surface area contributed by atoms with Crippen LogP contribution in [-0.4, -0.2) is 28.4 Å². The standard InChI is InChI=1S/C12H18N2O5/c1-6(2)11(15)10(13)8-4-7(14(17)18)5-9(19-3)12(8)16/h4-6,10-11,15-16H,13H2,1-3H3/t10-,11+/m0/s1. The number of phenols is 1. The van der Waals surface area contributed by atoms with Crippen molar-refractivity contribution < 1.29 is 19.9 Å². The first kappa shape index (κ1) is 15.2. The van der Waals surface area contributed by atoms with Crippen LogP contribution < -0.4 is 10.5 Å². The average molecular weight is 270 g/mol. The SMILES string of the molecule is COc1cc([N+](=O)[O-])cc([C@H](N)[C@H](O)C(C)C)c1O. The first-order valence-electron chi connectivity index (χ1n) is 5.78. The van der Waals surface area contributed by atoms with Gasteiger partial charge in [-0.25, -0.2) is 0 Å². The van der Waals surface area contributed by atoms with Gasteiger partial charge in [0, 0.05) is 11.6 Å². The lowest BCUT2D eigenvalue weighted by Crippen LogP contribution is -2.30. The van der Waals surface area contributed by atoms with Crippen LogP contribution in [0.2, 0.25) is 0 Å². The molecule has 0 aromatic heterocycles. The topological polar surface area (TPSA) is 119 Å². The molecule has 19 heavy (non-hydrogen) atoms. The van der Waals surface area contributed by atoms with Gasteiger partial charge in [0.15, 0.2) is 11.5 Å². The van der Waals surface area contributed by atoms with Crippen molar-refractivity contribution in [2.45, 2.75) is 26.0 Å². The maximum Gasteiger partial charge on any atom is 0.273 e. The predicted octanol–water partition coefficient (Wildman–Crippen LogP) is 1.33. The fourth-order valence-corrected chi connectivity index (χ4v) is 1.73. The van der Waals surface area contributed by atoms with E-state index in [2.05, 4.69) is 0 Å². The number of non-ortho nitro benzene ring substituents is 1. The normalized spacial score (nSPS) is 14.2. The van der Waals surface area contributed by atoms with E-state index in [0.29, 0.717) is 0 Å². The number of aromatic hydroxyl groups is 1. The van der Waals surface area contributed by atoms with Crippen molar-refractivity contribution in [3.8, 4) is 11.5 Å². The third kappa shape index (κ3) is 3.12. The molecular weight excluding hydrogens is 252 g/mol. The average Bonchev–Trinajstić information content (AvgIpc) is 2.36. The van der Waals surface area contributed by atoms with Gasteiger partial charge in [-0.1, -0.05) is 13.8 Å². The molecule has 0 bridgehead atoms. The van der Waals surface area contributed by atoms with Crippen LogP contribution in [0.4, 0.5) is 5.69 Å². The summed E-state index contributed by atoms with van der Waals surface area (Å²) in [6, 6.07) is 1.32. The molecule has 106 valence electrons. The Kier molecular flexibility index (Phi) is 4.68. The first-order chi connectivity index (χ1) is 8.79. The second kappa shape index (κ2) is 5.85. The number of phenolic OH excluding ortho intramolecular Hbond substituents is 1. The van der Waals surface area contributed by atoms with Crippen LogP contribution >= 0.6 is 0 Å². The fourth-order valence-electron chi connectivity index (χ4n) is 1.73. The quantitative estimate of drug-likeness (QED) is 0.548. The van der Waals surface area contributed by atoms with Crippen LogP contribution in [0.25, 0.3) is 0 Å². The summed E-state index contributed by atoms with van der Waals surface area (Å²) >= 11 is 0. The van der Waals surface area contributed by atoms with Gasteiger partial charge in [0.05, 0.1) is 30.2 Å². The summed E-state index contributed by atoms with van der Waals surface area (Å²) in [5.41, 5.74) is 5.68. The van der Waals surface area contributed by atoms with E-state index >= 15 is 0 Å². The molecule has 0 unspecified atom stereocenters. The molecule has 7 nitrogen and oxygen atoms in total. The van der Waals surface area contributed by atoms with E-state index in [1.165, 1.54) is 7.11 Å². The molecule has 0 aliphatic rings. The van der Waals surface area contributed by atoms with Crippen molar-refractivity contribution in [2.75, 3.05) is 7.11 Å². The van der Waals surface area contributed by atoms with E-state index < -0.39 is 17.1 Å². The number of benzene rings is 1. The van der Waals surface area contributed by atoms with Crippen molar-refractivity contribution in [1.82, 2.24) is 0 Å². The van der Waals surface area contributed by atoms with Gasteiger partial charge < -0.3 is 20.7 Å². The minimum atomic E-state index is -0.936. The lowest BCUT2D eigenvalue weighted by atomic mass is 9.93. The maximum atomic E-state index is 10.8. The predicted molar refractivity (Wildman–Crippen MR) is 69.1 cm³/mol. The maximum absolute atomic E-state index is 10.8. The summed E-state index contributed by atoms with van der Waals surface area (Å²) in [5.74, 6) is -0.490. The molecule has 0 amide bonds. The van der Waals surface area contributed by atoms with Gasteiger partial charge in [0.25, 0.3) is 5.69 Å². The van der Waals surface area contributed by atoms with Gasteiger partial charge in [-0.3, -0.25) is 10.1 Å². The number of methoxy groups -OCH3 is 1. The number of nitro benzene ring substituents is 1. The van der Waals surface area contributed by atoms with Gasteiger partial charge in [0.2, 0.25) is 0 Å². The number of aliphatic hydroxyl groups excluding tert-OH is 1. The first-order valence-corrected chi connectivity index (χ1v) is 5.78. The van der Waals surface area contributed by atoms with Gasteiger partial charge in [-0.15, -0.1) is 0 Å². The summed E-state index contributed by atoms with van der Waals surface area (Å²) in [7, 11) is 1.28. The highest BCUT2D eigenvalue weighted by Gasteiger charge is 2.27. The highest BCUT2D eigenvalue weighted by atomic mass is 16.6. The van der Waals surface area contributed by atoms with Gasteiger partial charge in [-0.05, 0) is 5.92 Å². The van der Waals surface area contributed by atoms with Crippen molar-refractivity contribution >= 4 is 5.69 Å². The van der Waals surface area contributed by atoms with Gasteiger partial charge in [-0.2, -0.15) is 0 Å². The number of ether oxygens (including phenoxy) is 1. The molecule has 2 atom stereocenters. The molecule has 0 saturated carbocycles. The largest absolute Gasteiger partial charge is 0.504 e. The van der Waals surface area contributed by atoms with Crippen LogP contribution in [0.3, 0.4) is 0 Å². The van der Waals surface area contributed by atoms with Gasteiger partial charge in [0.1, 0.15) is 0 Å². The molecule has 0 aliphatic heterocycles. The summed E-state index contributed by atoms with van der Waals surface area (Å²) in [6.45, 7) is 3.52. The molecule has 1 aromatic rings. The molecule has 0 spiro atoms. The Labute approximate surface area is 110 Å². The monoisotopic (exact) mass is 270 g/mol. The van der Waals surface area contributed by atoms with Gasteiger partial charge >= 0.3 is 0 Å². The minimum Gasteiger partial charge on any atom is -0.504 e. The molecule has 0 heterocycles. The smallest absolute Gasteiger partial charge is 0.273 e. The number of nitrogens with zero attached hydrogens (tertiary/aromatic N) is 1. The van der Waals surface area contributed by atoms with Crippen LogP contribution in [0, 0.1) is 16.0 Å². The molecule has 7 heteroatoms. The Morgan fingerprint density at radius 2 is 2.00 bits per heavy atom. The Balaban J connectivity index is 3.33. The van der Waals surface area contributed by atoms with Crippen molar-refractivity contribution in [1.29, 1.82) is 0 Å². The number of hydrogen-bond donors (Lipinski definition) is 3. The summed E-state index contributed by atoms with van der Waals surface area (Å²) in [6.07, 6.45) is -0.933. The number of aliphatic hydroxyl groups is 1. The minimum absolute atomic E-state index is 0.0457. The highest BCUT2D eigenvalue weighted by Crippen LogP contribution is 2.38. The second-order valence-corrected chi connectivity index (χ2v) is 4.60. The Morgan fingerprint density at radius 3 is 2.42 bits per heavy atom. The zero-order chi connectivity index (χ0) is 14.7. The Hall–Kier alpha value is -1.86. The summed E-state index contributed by atoms with van der Waals surface area (Å²) in [4.78, 5) is 10.2. The second-order valence-electron chi connectivity index (χ2n) is 4.60. The van der Waals surface area contributed by atoms with E-state index in [9.17, 15) is 20.3 Å². The number of hydrogen-bond acceptors (Lipinski definition) is 6. The van der Waals surface area contributed by atoms with Crippen LogP contribution in [0.5, 0.6) is 11.5 Å². The molecule has 0 radical (unpaired) electrons. The Bertz CT molecular complexity index is 475. The summed E-state index contributed by atoms with van der Waals surface area (Å²) in [5, 5.41) is 30.7. The number of nitrogens with two attached hydrogens (primary N) is 1. The fraction of sp³-hybridized carbons (Fsp3) is 0.500. The Morgan fingerprint density at radius 1 is 1.42 bits per heavy atom. The molecule has 0 aliphatic carbocycles. The number of rotatable bonds is 5. The van der Waals surface area contributed by atoms with E-state index in [0.717, 1.165) is 12.1 Å². The third-order valence-corrected chi connectivity index (χ3v) is 2.93. The van der Waals surface area contributed by atoms with Crippen molar-refractivity contribution in [3.05, 3.63) is 27.8 Å². The van der Waals surface area contributed by atoms with E-state index in [1.807, 2.05) is 0 Å². The molecule has 1 aromatic carbocycles. The molecule has 0 fully saturated rings. The van der Waals surface area contributed by atoms with Crippen LogP contribution in [0.15, 0.2) is 12.1 Å². The lowest BCUT2D eigenvalue weighted by molar-refractivity contribution is -0.385. The third-order valence-electron chi connectivity index (χ3n) is 2.93. The molecule has 0 saturated heterocycles. The number of nitro groups is 1. The molecular formula is C12H18N2O5. The van der Waals surface area contributed by atoms with Crippen molar-refractivity contribution in [2.24, 2.45) is 11.7 Å². The van der Waals surface area contributed by atoms with E-state index in [-0.39, 0.29) is 28.7 Å². The highest BCUT2D eigenvalue weighted by molar-refractivity contribution is 5.54. The van der Waals surface area contributed by atoms with Crippen LogP contribution in [0.1, 0.15) is 25.5 Å². The van der Waals surface area contributed by atoms with E-state index in [4.69, 9.17) is 10.5 Å².